The summed E-state index contributed by atoms with van der Waals surface area (Å²) in [7, 11) is 5.31. The molecular formula is C27H32IN5O4. The van der Waals surface area contributed by atoms with Crippen molar-refractivity contribution in [1.29, 1.82) is 0 Å². The second-order valence-electron chi connectivity index (χ2n) is 9.07. The molecule has 10 heteroatoms. The number of aromatic nitrogens is 1. The van der Waals surface area contributed by atoms with Crippen LogP contribution in [0.5, 0.6) is 17.2 Å². The summed E-state index contributed by atoms with van der Waals surface area (Å²) in [6.45, 7) is 2.67. The van der Waals surface area contributed by atoms with Crippen LogP contribution in [-0.4, -0.2) is 62.7 Å². The van der Waals surface area contributed by atoms with Crippen LogP contribution in [0, 0.1) is 5.92 Å². The number of ether oxygens (including phenoxy) is 2. The summed E-state index contributed by atoms with van der Waals surface area (Å²) in [6, 6.07) is 10.6. The fourth-order valence-corrected chi connectivity index (χ4v) is 4.91. The van der Waals surface area contributed by atoms with Crippen LogP contribution < -0.4 is 25.4 Å². The quantitative estimate of drug-likeness (QED) is 0.248. The Hall–Kier alpha value is -3.12. The largest absolute Gasteiger partial charge is 0.492 e. The van der Waals surface area contributed by atoms with Crippen molar-refractivity contribution in [3.8, 4) is 17.2 Å². The van der Waals surface area contributed by atoms with Crippen molar-refractivity contribution >= 4 is 51.1 Å². The maximum Gasteiger partial charge on any atom is 0.318 e. The summed E-state index contributed by atoms with van der Waals surface area (Å²) in [6.07, 6.45) is 3.83. The van der Waals surface area contributed by atoms with Gasteiger partial charge < -0.3 is 30.3 Å². The summed E-state index contributed by atoms with van der Waals surface area (Å²) < 4.78 is 13.1. The van der Waals surface area contributed by atoms with Gasteiger partial charge in [-0.05, 0) is 74.8 Å². The Morgan fingerprint density at radius 2 is 1.86 bits per heavy atom. The third-order valence-electron chi connectivity index (χ3n) is 6.51. The number of likely N-dealkylation sites (tertiary alicyclic amines) is 1. The number of hydrogen-bond acceptors (Lipinski definition) is 6. The number of nitrogens with zero attached hydrogens (tertiary/aromatic N) is 2. The molecule has 0 bridgehead atoms. The molecule has 0 unspecified atom stereocenters. The average molecular weight is 617 g/mol. The van der Waals surface area contributed by atoms with Crippen molar-refractivity contribution in [2.45, 2.75) is 17.3 Å². The van der Waals surface area contributed by atoms with Crippen LogP contribution in [0.3, 0.4) is 0 Å². The number of rotatable bonds is 8. The van der Waals surface area contributed by atoms with Crippen molar-refractivity contribution < 1.29 is 19.1 Å². The van der Waals surface area contributed by atoms with Gasteiger partial charge in [0.2, 0.25) is 0 Å². The zero-order valence-electron chi connectivity index (χ0n) is 21.3. The van der Waals surface area contributed by atoms with Gasteiger partial charge in [-0.15, -0.1) is 0 Å². The summed E-state index contributed by atoms with van der Waals surface area (Å²) in [5.41, 5.74) is 2.76. The Morgan fingerprint density at radius 1 is 1.08 bits per heavy atom. The van der Waals surface area contributed by atoms with E-state index in [0.29, 0.717) is 56.4 Å². The lowest BCUT2D eigenvalue weighted by Crippen LogP contribution is -2.32. The number of nitrogens with one attached hydrogen (secondary N) is 3. The zero-order valence-corrected chi connectivity index (χ0v) is 23.4. The van der Waals surface area contributed by atoms with Gasteiger partial charge >= 0.3 is 6.03 Å². The molecule has 9 nitrogen and oxygen atoms in total. The van der Waals surface area contributed by atoms with Crippen molar-refractivity contribution in [1.82, 2.24) is 20.5 Å². The number of hydrogen-bond donors (Lipinski definition) is 3. The molecule has 1 fully saturated rings. The van der Waals surface area contributed by atoms with E-state index in [-0.39, 0.29) is 11.9 Å². The van der Waals surface area contributed by atoms with Gasteiger partial charge in [0.25, 0.3) is 5.91 Å². The number of urea groups is 1. The molecule has 0 spiro atoms. The van der Waals surface area contributed by atoms with Gasteiger partial charge in [0, 0.05) is 41.9 Å². The first-order valence-corrected chi connectivity index (χ1v) is 13.8. The highest BCUT2D eigenvalue weighted by molar-refractivity contribution is 14.1. The van der Waals surface area contributed by atoms with Gasteiger partial charge in [-0.3, -0.25) is 9.78 Å². The maximum atomic E-state index is 12.8. The zero-order chi connectivity index (χ0) is 26.4. The van der Waals surface area contributed by atoms with Gasteiger partial charge in [-0.25, -0.2) is 4.79 Å². The summed E-state index contributed by atoms with van der Waals surface area (Å²) in [5, 5.41) is 8.80. The Bertz CT molecular complexity index is 1280. The van der Waals surface area contributed by atoms with E-state index in [1.807, 2.05) is 18.2 Å². The Labute approximate surface area is 230 Å². The summed E-state index contributed by atoms with van der Waals surface area (Å²) in [4.78, 5) is 31.4. The van der Waals surface area contributed by atoms with E-state index >= 15 is 0 Å². The highest BCUT2D eigenvalue weighted by Gasteiger charge is 2.20. The molecule has 1 aliphatic rings. The summed E-state index contributed by atoms with van der Waals surface area (Å²) >= 11 is 2.25. The Kier molecular flexibility index (Phi) is 9.04. The lowest BCUT2D eigenvalue weighted by Gasteiger charge is -2.29. The highest BCUT2D eigenvalue weighted by atomic mass is 127. The molecule has 1 aliphatic heterocycles. The number of amides is 3. The molecule has 2 heterocycles. The van der Waals surface area contributed by atoms with Crippen molar-refractivity contribution in [3.63, 3.8) is 0 Å². The standard InChI is InChI=1S/C27H32IN5O4/c1-29-26(34)21-13-20-23(14-25(21)36-16-17-7-10-33(3)11-8-17)31-9-6-24(20)37-19-4-5-22(18(12-19)15-28)32-27(35)30-2/h4-6,9,12-14,17H,7-8,10-11,15-16H2,1-3H3,(H,29,34)(H2,30,32,35). The number of pyridine rings is 1. The van der Waals surface area contributed by atoms with Crippen LogP contribution in [0.4, 0.5) is 10.5 Å². The van der Waals surface area contributed by atoms with Crippen LogP contribution in [0.15, 0.2) is 42.6 Å². The molecule has 4 rings (SSSR count). The lowest BCUT2D eigenvalue weighted by molar-refractivity contribution is 0.0956. The normalized spacial score (nSPS) is 14.3. The number of anilines is 1. The minimum atomic E-state index is -0.282. The van der Waals surface area contributed by atoms with E-state index in [9.17, 15) is 9.59 Å². The van der Waals surface area contributed by atoms with Crippen LogP contribution in [0.1, 0.15) is 28.8 Å². The van der Waals surface area contributed by atoms with Gasteiger partial charge in [0.1, 0.15) is 17.2 Å². The first kappa shape index (κ1) is 26.9. The highest BCUT2D eigenvalue weighted by Crippen LogP contribution is 2.35. The monoisotopic (exact) mass is 617 g/mol. The Morgan fingerprint density at radius 3 is 2.57 bits per heavy atom. The minimum absolute atomic E-state index is 0.230. The number of carbonyl (C=O) groups excluding carboxylic acids is 2. The van der Waals surface area contributed by atoms with E-state index in [2.05, 4.69) is 55.5 Å². The fraction of sp³-hybridized carbons (Fsp3) is 0.370. The molecule has 0 atom stereocenters. The predicted molar refractivity (Wildman–Crippen MR) is 153 cm³/mol. The number of piperidine rings is 1. The average Bonchev–Trinajstić information content (AvgIpc) is 2.92. The number of alkyl halides is 1. The number of benzene rings is 2. The lowest BCUT2D eigenvalue weighted by atomic mass is 9.98. The van der Waals surface area contributed by atoms with Crippen LogP contribution in [0.25, 0.3) is 10.9 Å². The molecule has 3 amide bonds. The SMILES string of the molecule is CNC(=O)Nc1ccc(Oc2ccnc3cc(OCC4CCN(C)CC4)c(C(=O)NC)cc23)cc1CI. The molecule has 2 aromatic carbocycles. The van der Waals surface area contributed by atoms with Crippen molar-refractivity contribution in [2.24, 2.45) is 5.92 Å². The topological polar surface area (TPSA) is 105 Å². The third kappa shape index (κ3) is 6.61. The van der Waals surface area contributed by atoms with Gasteiger partial charge in [-0.1, -0.05) is 22.6 Å². The van der Waals surface area contributed by atoms with E-state index in [4.69, 9.17) is 9.47 Å². The molecule has 196 valence electrons. The molecular weight excluding hydrogens is 585 g/mol. The Balaban J connectivity index is 1.62. The van der Waals surface area contributed by atoms with Crippen molar-refractivity contribution in [3.05, 3.63) is 53.7 Å². The van der Waals surface area contributed by atoms with Crippen LogP contribution in [0.2, 0.25) is 0 Å². The minimum Gasteiger partial charge on any atom is -0.492 e. The number of carbonyl (C=O) groups is 2. The number of halogens is 1. The smallest absolute Gasteiger partial charge is 0.318 e. The van der Waals surface area contributed by atoms with Gasteiger partial charge in [-0.2, -0.15) is 0 Å². The fourth-order valence-electron chi connectivity index (χ4n) is 4.28. The third-order valence-corrected chi connectivity index (χ3v) is 7.33. The second kappa shape index (κ2) is 12.4. The number of fused-ring (bicyclic) bond motifs is 1. The predicted octanol–water partition coefficient (Wildman–Crippen LogP) is 4.79. The molecule has 3 aromatic rings. The van der Waals surface area contributed by atoms with Crippen LogP contribution in [-0.2, 0) is 4.43 Å². The second-order valence-corrected chi connectivity index (χ2v) is 9.83. The van der Waals surface area contributed by atoms with E-state index in [1.54, 1.807) is 38.5 Å². The molecule has 37 heavy (non-hydrogen) atoms. The molecule has 0 saturated carbocycles. The van der Waals surface area contributed by atoms with Gasteiger partial charge in [0.15, 0.2) is 0 Å². The van der Waals surface area contributed by atoms with E-state index in [0.717, 1.165) is 31.5 Å². The molecule has 1 saturated heterocycles. The van der Waals surface area contributed by atoms with E-state index < -0.39 is 0 Å². The first-order valence-electron chi connectivity index (χ1n) is 12.2. The first-order chi connectivity index (χ1) is 17.9. The molecule has 1 aromatic heterocycles. The van der Waals surface area contributed by atoms with Gasteiger partial charge in [0.05, 0.1) is 17.7 Å². The van der Waals surface area contributed by atoms with Crippen LogP contribution >= 0.6 is 22.6 Å². The molecule has 3 N–H and O–H groups in total. The maximum absolute atomic E-state index is 12.8. The summed E-state index contributed by atoms with van der Waals surface area (Å²) in [5.74, 6) is 1.94. The van der Waals surface area contributed by atoms with E-state index in [1.165, 1.54) is 0 Å². The van der Waals surface area contributed by atoms with Crippen molar-refractivity contribution in [2.75, 3.05) is 46.2 Å². The molecule has 0 radical (unpaired) electrons. The molecule has 0 aliphatic carbocycles.